The smallest absolute Gasteiger partial charge is 0.162 e. The molecule has 7 nitrogen and oxygen atoms in total. The number of benzene rings is 2. The maximum absolute atomic E-state index is 4.92. The lowest BCUT2D eigenvalue weighted by Crippen LogP contribution is -2.45. The fourth-order valence-corrected chi connectivity index (χ4v) is 4.17. The number of hydrogen-bond donors (Lipinski definition) is 3. The lowest BCUT2D eigenvalue weighted by molar-refractivity contribution is 0.449. The van der Waals surface area contributed by atoms with Crippen molar-refractivity contribution in [2.24, 2.45) is 4.99 Å². The van der Waals surface area contributed by atoms with Gasteiger partial charge in [0.15, 0.2) is 12.0 Å². The van der Waals surface area contributed by atoms with E-state index in [1.807, 2.05) is 30.3 Å². The van der Waals surface area contributed by atoms with Crippen LogP contribution in [0.4, 0.5) is 5.69 Å². The molecule has 8 heteroatoms. The van der Waals surface area contributed by atoms with E-state index in [9.17, 15) is 0 Å². The molecule has 0 saturated carbocycles. The zero-order chi connectivity index (χ0) is 18.5. The molecule has 3 N–H and O–H groups in total. The second kappa shape index (κ2) is 5.93. The van der Waals surface area contributed by atoms with Crippen molar-refractivity contribution in [2.75, 3.05) is 5.32 Å². The molecule has 0 bridgehead atoms. The van der Waals surface area contributed by atoms with E-state index < -0.39 is 0 Å². The second-order valence-electron chi connectivity index (χ2n) is 6.68. The van der Waals surface area contributed by atoms with Gasteiger partial charge >= 0.3 is 0 Å². The summed E-state index contributed by atoms with van der Waals surface area (Å²) in [5.74, 6) is 0.835. The van der Waals surface area contributed by atoms with E-state index in [0.717, 1.165) is 39.2 Å². The number of fused-ring (bicyclic) bond motifs is 3. The summed E-state index contributed by atoms with van der Waals surface area (Å²) in [5, 5.41) is 15.0. The van der Waals surface area contributed by atoms with Gasteiger partial charge in [-0.2, -0.15) is 5.10 Å². The fraction of sp³-hybridized carbons (Fsp3) is 0.0500. The summed E-state index contributed by atoms with van der Waals surface area (Å²) in [6.07, 6.45) is 7.77. The number of H-pyrrole nitrogens is 1. The lowest BCUT2D eigenvalue weighted by Gasteiger charge is -2.29. The van der Waals surface area contributed by atoms with Gasteiger partial charge in [-0.1, -0.05) is 12.1 Å². The number of anilines is 1. The first-order valence-electron chi connectivity index (χ1n) is 8.88. The van der Waals surface area contributed by atoms with E-state index in [1.165, 1.54) is 4.70 Å². The number of rotatable bonds is 2. The highest BCUT2D eigenvalue weighted by molar-refractivity contribution is 7.16. The molecule has 2 aromatic carbocycles. The summed E-state index contributed by atoms with van der Waals surface area (Å²) in [7, 11) is 0. The number of amidine groups is 1. The third-order valence-electron chi connectivity index (χ3n) is 4.91. The molecule has 0 radical (unpaired) electrons. The van der Waals surface area contributed by atoms with Crippen LogP contribution in [-0.4, -0.2) is 32.1 Å². The molecule has 0 amide bonds. The molecular formula is C20H15N7S. The number of aromatic nitrogens is 3. The van der Waals surface area contributed by atoms with Gasteiger partial charge in [0, 0.05) is 35.2 Å². The van der Waals surface area contributed by atoms with E-state index >= 15 is 0 Å². The molecule has 0 fully saturated rings. The number of aliphatic imine (C=N–C) groups is 1. The van der Waals surface area contributed by atoms with Crippen LogP contribution >= 0.6 is 11.3 Å². The molecule has 1 atom stereocenters. The molecular weight excluding hydrogens is 370 g/mol. The van der Waals surface area contributed by atoms with Crippen molar-refractivity contribution >= 4 is 49.7 Å². The van der Waals surface area contributed by atoms with Crippen molar-refractivity contribution in [3.8, 4) is 0 Å². The predicted molar refractivity (Wildman–Crippen MR) is 113 cm³/mol. The first kappa shape index (κ1) is 15.4. The van der Waals surface area contributed by atoms with Gasteiger partial charge in [0.25, 0.3) is 0 Å². The van der Waals surface area contributed by atoms with Gasteiger partial charge < -0.3 is 15.5 Å². The SMILES string of the molecule is C1=CN2C=C(c3ccc4cn[nH]c4c3)N=C(Nc3ccc4scnc4c3)C2N1. The monoisotopic (exact) mass is 385 g/mol. The first-order chi connectivity index (χ1) is 13.8. The van der Waals surface area contributed by atoms with Crippen LogP contribution in [0.5, 0.6) is 0 Å². The highest BCUT2D eigenvalue weighted by Crippen LogP contribution is 2.28. The normalized spacial score (nSPS) is 18.1. The molecule has 6 rings (SSSR count). The molecule has 4 heterocycles. The van der Waals surface area contributed by atoms with Crippen molar-refractivity contribution < 1.29 is 0 Å². The molecule has 0 aliphatic carbocycles. The highest BCUT2D eigenvalue weighted by Gasteiger charge is 2.28. The molecule has 2 aliphatic rings. The largest absolute Gasteiger partial charge is 0.363 e. The Kier molecular flexibility index (Phi) is 3.26. The third-order valence-corrected chi connectivity index (χ3v) is 5.72. The molecule has 4 aromatic rings. The van der Waals surface area contributed by atoms with E-state index in [0.29, 0.717) is 0 Å². The minimum absolute atomic E-state index is 0.0502. The number of nitrogens with zero attached hydrogens (tertiary/aromatic N) is 4. The van der Waals surface area contributed by atoms with Crippen molar-refractivity contribution in [1.82, 2.24) is 25.4 Å². The fourth-order valence-electron chi connectivity index (χ4n) is 3.51. The predicted octanol–water partition coefficient (Wildman–Crippen LogP) is 3.70. The van der Waals surface area contributed by atoms with Crippen LogP contribution in [0.2, 0.25) is 0 Å². The Hall–Kier alpha value is -3.65. The zero-order valence-electron chi connectivity index (χ0n) is 14.6. The number of nitrogens with one attached hydrogen (secondary N) is 3. The van der Waals surface area contributed by atoms with Crippen molar-refractivity contribution in [2.45, 2.75) is 6.17 Å². The number of hydrogen-bond acceptors (Lipinski definition) is 7. The first-order valence-corrected chi connectivity index (χ1v) is 9.76. The summed E-state index contributed by atoms with van der Waals surface area (Å²) < 4.78 is 1.17. The Labute approximate surface area is 164 Å². The maximum atomic E-state index is 4.92. The Morgan fingerprint density at radius 1 is 1.14 bits per heavy atom. The van der Waals surface area contributed by atoms with Crippen molar-refractivity contribution in [1.29, 1.82) is 0 Å². The Balaban J connectivity index is 1.39. The summed E-state index contributed by atoms with van der Waals surface area (Å²) in [6.45, 7) is 0. The minimum atomic E-state index is -0.0502. The molecule has 2 aliphatic heterocycles. The Morgan fingerprint density at radius 3 is 3.14 bits per heavy atom. The van der Waals surface area contributed by atoms with Gasteiger partial charge in [-0.15, -0.1) is 11.3 Å². The van der Waals surface area contributed by atoms with Crippen LogP contribution in [0.1, 0.15) is 5.56 Å². The zero-order valence-corrected chi connectivity index (χ0v) is 15.4. The highest BCUT2D eigenvalue weighted by atomic mass is 32.1. The summed E-state index contributed by atoms with van der Waals surface area (Å²) in [4.78, 5) is 11.4. The van der Waals surface area contributed by atoms with Gasteiger partial charge in [-0.25, -0.2) is 9.98 Å². The molecule has 1 unspecified atom stereocenters. The Bertz CT molecular complexity index is 1300. The van der Waals surface area contributed by atoms with Crippen LogP contribution in [0.25, 0.3) is 26.8 Å². The quantitative estimate of drug-likeness (QED) is 0.490. The maximum Gasteiger partial charge on any atom is 0.162 e. The topological polar surface area (TPSA) is 81.2 Å². The van der Waals surface area contributed by atoms with Gasteiger partial charge in [-0.05, 0) is 24.3 Å². The van der Waals surface area contributed by atoms with Gasteiger partial charge in [0.1, 0.15) is 0 Å². The minimum Gasteiger partial charge on any atom is -0.363 e. The standard InChI is InChI=1S/C20H15N7S/c1-2-13-9-23-26-15(13)7-12(1)17-10-27-6-5-21-20(27)19(25-17)24-14-3-4-18-16(8-14)22-11-28-18/h1-11,20-21H,(H,23,26)(H,24,25). The average molecular weight is 385 g/mol. The van der Waals surface area contributed by atoms with Crippen LogP contribution < -0.4 is 10.6 Å². The summed E-state index contributed by atoms with van der Waals surface area (Å²) >= 11 is 1.64. The van der Waals surface area contributed by atoms with E-state index in [4.69, 9.17) is 4.99 Å². The summed E-state index contributed by atoms with van der Waals surface area (Å²) in [5.41, 5.74) is 6.73. The summed E-state index contributed by atoms with van der Waals surface area (Å²) in [6, 6.07) is 12.4. The van der Waals surface area contributed by atoms with Crippen LogP contribution in [0.15, 0.2) is 71.7 Å². The third kappa shape index (κ3) is 2.46. The molecule has 136 valence electrons. The van der Waals surface area contributed by atoms with Crippen LogP contribution in [-0.2, 0) is 0 Å². The number of thiazole rings is 1. The van der Waals surface area contributed by atoms with Crippen molar-refractivity contribution in [3.63, 3.8) is 0 Å². The van der Waals surface area contributed by atoms with Crippen LogP contribution in [0.3, 0.4) is 0 Å². The van der Waals surface area contributed by atoms with Gasteiger partial charge in [0.05, 0.1) is 33.1 Å². The van der Waals surface area contributed by atoms with Gasteiger partial charge in [0.2, 0.25) is 0 Å². The second-order valence-corrected chi connectivity index (χ2v) is 7.56. The van der Waals surface area contributed by atoms with E-state index in [2.05, 4.69) is 67.1 Å². The average Bonchev–Trinajstić information content (AvgIpc) is 3.46. The van der Waals surface area contributed by atoms with E-state index in [1.54, 1.807) is 11.3 Å². The Morgan fingerprint density at radius 2 is 2.14 bits per heavy atom. The number of aromatic amines is 1. The van der Waals surface area contributed by atoms with Crippen LogP contribution in [0, 0.1) is 0 Å². The lowest BCUT2D eigenvalue weighted by atomic mass is 10.1. The molecule has 0 spiro atoms. The van der Waals surface area contributed by atoms with Crippen molar-refractivity contribution in [3.05, 3.63) is 72.3 Å². The molecule has 28 heavy (non-hydrogen) atoms. The van der Waals surface area contributed by atoms with E-state index in [-0.39, 0.29) is 6.17 Å². The molecule has 2 aromatic heterocycles. The van der Waals surface area contributed by atoms with Gasteiger partial charge in [-0.3, -0.25) is 5.10 Å². The molecule has 0 saturated heterocycles.